The number of benzene rings is 2. The summed E-state index contributed by atoms with van der Waals surface area (Å²) in [6, 6.07) is 18.4. The fourth-order valence-corrected chi connectivity index (χ4v) is 1.33. The van der Waals surface area contributed by atoms with Crippen LogP contribution in [0.5, 0.6) is 0 Å². The first-order chi connectivity index (χ1) is 7.24. The number of hydrogen-bond donors (Lipinski definition) is 0. The first-order valence-corrected chi connectivity index (χ1v) is 4.91. The average molecular weight is 297 g/mol. The Morgan fingerprint density at radius 2 is 1.82 bits per heavy atom. The van der Waals surface area contributed by atoms with Gasteiger partial charge in [-0.1, -0.05) is 14.4 Å². The van der Waals surface area contributed by atoms with E-state index in [2.05, 4.69) is 43.8 Å². The summed E-state index contributed by atoms with van der Waals surface area (Å²) in [6.07, 6.45) is 2.05. The molecule has 0 aromatic heterocycles. The van der Waals surface area contributed by atoms with Crippen LogP contribution >= 0.6 is 0 Å². The molecule has 0 N–H and O–H groups in total. The van der Waals surface area contributed by atoms with Gasteiger partial charge in [0, 0.05) is 32.7 Å². The van der Waals surface area contributed by atoms with E-state index in [9.17, 15) is 0 Å². The summed E-state index contributed by atoms with van der Waals surface area (Å²) in [6.45, 7) is 5.89. The van der Waals surface area contributed by atoms with Gasteiger partial charge < -0.3 is 0 Å². The van der Waals surface area contributed by atoms with Crippen LogP contribution in [0.4, 0.5) is 0 Å². The van der Waals surface area contributed by atoms with E-state index < -0.39 is 0 Å². The van der Waals surface area contributed by atoms with Crippen molar-refractivity contribution in [3.05, 3.63) is 70.1 Å². The van der Waals surface area contributed by atoms with Crippen LogP contribution in [0.1, 0.15) is 18.6 Å². The van der Waals surface area contributed by atoms with Crippen LogP contribution in [0.3, 0.4) is 0 Å². The molecule has 17 heavy (non-hydrogen) atoms. The molecule has 85 valence electrons. The van der Waals surface area contributed by atoms with E-state index in [1.807, 2.05) is 24.3 Å². The van der Waals surface area contributed by atoms with Gasteiger partial charge in [-0.25, -0.2) is 0 Å². The van der Waals surface area contributed by atoms with Crippen molar-refractivity contribution in [1.29, 1.82) is 0 Å². The smallest absolute Gasteiger partial charge is 0 e. The van der Waals surface area contributed by atoms with E-state index in [0.29, 0.717) is 0 Å². The van der Waals surface area contributed by atoms with Gasteiger partial charge in [-0.15, -0.1) is 72.0 Å². The van der Waals surface area contributed by atoms with E-state index in [-0.39, 0.29) is 40.1 Å². The second kappa shape index (κ2) is 7.58. The maximum Gasteiger partial charge on any atom is 0 e. The van der Waals surface area contributed by atoms with Crippen molar-refractivity contribution in [2.75, 3.05) is 0 Å². The molecule has 0 nitrogen and oxygen atoms in total. The Kier molecular flexibility index (Phi) is 7.26. The SMILES string of the molecule is C.C=c1c[c-]c(=Cc2[c-]cc(C)cc2)cc1.[Y]. The maximum atomic E-state index is 3.83. The molecule has 0 aliphatic carbocycles. The molecular formula is C16H16Y-2. The molecular weight excluding hydrogens is 281 g/mol. The van der Waals surface area contributed by atoms with Crippen LogP contribution in [-0.2, 0) is 32.7 Å². The molecule has 0 atom stereocenters. The molecule has 1 heteroatoms. The molecule has 1 radical (unpaired) electrons. The Labute approximate surface area is 129 Å². The van der Waals surface area contributed by atoms with Crippen molar-refractivity contribution < 1.29 is 32.7 Å². The third kappa shape index (κ3) is 4.97. The normalized spacial score (nSPS) is 10.3. The minimum atomic E-state index is 0. The van der Waals surface area contributed by atoms with Crippen molar-refractivity contribution in [3.63, 3.8) is 0 Å². The van der Waals surface area contributed by atoms with Crippen LogP contribution in [-0.4, -0.2) is 0 Å². The van der Waals surface area contributed by atoms with Crippen LogP contribution in [0.2, 0.25) is 0 Å². The molecule has 0 saturated carbocycles. The third-order valence-corrected chi connectivity index (χ3v) is 2.20. The number of hydrogen-bond acceptors (Lipinski definition) is 0. The topological polar surface area (TPSA) is 0 Å². The summed E-state index contributed by atoms with van der Waals surface area (Å²) >= 11 is 0. The van der Waals surface area contributed by atoms with Gasteiger partial charge in [0.25, 0.3) is 0 Å². The van der Waals surface area contributed by atoms with E-state index >= 15 is 0 Å². The largest absolute Gasteiger partial charge is 0.151 e. The maximum absolute atomic E-state index is 3.83. The zero-order chi connectivity index (χ0) is 10.7. The Morgan fingerprint density at radius 1 is 1.06 bits per heavy atom. The second-order valence-electron chi connectivity index (χ2n) is 3.62. The molecule has 2 aromatic rings. The van der Waals surface area contributed by atoms with Gasteiger partial charge in [0.05, 0.1) is 0 Å². The summed E-state index contributed by atoms with van der Waals surface area (Å²) in [5.41, 5.74) is 2.30. The molecule has 0 saturated heterocycles. The first kappa shape index (κ1) is 16.3. The molecule has 0 aliphatic rings. The summed E-state index contributed by atoms with van der Waals surface area (Å²) < 4.78 is 0. The van der Waals surface area contributed by atoms with Crippen molar-refractivity contribution in [1.82, 2.24) is 0 Å². The van der Waals surface area contributed by atoms with Crippen molar-refractivity contribution in [3.8, 4) is 0 Å². The van der Waals surface area contributed by atoms with Gasteiger partial charge in [0.15, 0.2) is 0 Å². The summed E-state index contributed by atoms with van der Waals surface area (Å²) in [4.78, 5) is 0. The van der Waals surface area contributed by atoms with Crippen LogP contribution in [0.25, 0.3) is 12.7 Å². The minimum absolute atomic E-state index is 0. The molecule has 2 rings (SSSR count). The molecule has 0 bridgehead atoms. The van der Waals surface area contributed by atoms with Gasteiger partial charge in [-0.3, -0.25) is 0 Å². The Balaban J connectivity index is 0.00000128. The molecule has 0 amide bonds. The fraction of sp³-hybridized carbons (Fsp3) is 0.125. The predicted molar refractivity (Wildman–Crippen MR) is 70.4 cm³/mol. The van der Waals surface area contributed by atoms with E-state index in [1.165, 1.54) is 5.56 Å². The van der Waals surface area contributed by atoms with E-state index in [0.717, 1.165) is 16.0 Å². The van der Waals surface area contributed by atoms with Crippen molar-refractivity contribution in [2.24, 2.45) is 0 Å². The van der Waals surface area contributed by atoms with Crippen molar-refractivity contribution in [2.45, 2.75) is 14.4 Å². The van der Waals surface area contributed by atoms with Crippen LogP contribution in [0.15, 0.2) is 36.4 Å². The Bertz CT molecular complexity index is 530. The second-order valence-corrected chi connectivity index (χ2v) is 3.62. The zero-order valence-electron chi connectivity index (χ0n) is 9.33. The molecule has 0 aliphatic heterocycles. The molecule has 2 aromatic carbocycles. The monoisotopic (exact) mass is 297 g/mol. The third-order valence-electron chi connectivity index (χ3n) is 2.20. The minimum Gasteiger partial charge on any atom is -0.151 e. The summed E-state index contributed by atoms with van der Waals surface area (Å²) in [7, 11) is 0. The van der Waals surface area contributed by atoms with Gasteiger partial charge in [-0.05, 0) is 0 Å². The summed E-state index contributed by atoms with van der Waals surface area (Å²) in [5, 5.41) is 2.04. The molecule has 0 heterocycles. The van der Waals surface area contributed by atoms with Gasteiger partial charge in [0.2, 0.25) is 0 Å². The quantitative estimate of drug-likeness (QED) is 0.709. The Hall–Kier alpha value is -0.716. The standard InChI is InChI=1S/C15H12.CH4.Y/c1-12-3-7-14(8-4-12)11-15-9-5-13(2)6-10-15;;/h3-7,9,11H,1H2,2H3;1H4;/q-2;;. The molecule has 0 fully saturated rings. The van der Waals surface area contributed by atoms with Crippen molar-refractivity contribution >= 4 is 12.7 Å². The average Bonchev–Trinajstić information content (AvgIpc) is 2.25. The first-order valence-electron chi connectivity index (χ1n) is 4.91. The molecule has 0 unspecified atom stereocenters. The number of rotatable bonds is 1. The number of aryl methyl sites for hydroxylation is 1. The summed E-state index contributed by atoms with van der Waals surface area (Å²) in [5.74, 6) is 0. The van der Waals surface area contributed by atoms with Gasteiger partial charge in [-0.2, -0.15) is 10.8 Å². The van der Waals surface area contributed by atoms with Crippen LogP contribution < -0.4 is 10.4 Å². The zero-order valence-corrected chi connectivity index (χ0v) is 12.2. The van der Waals surface area contributed by atoms with E-state index in [1.54, 1.807) is 0 Å². The fourth-order valence-electron chi connectivity index (χ4n) is 1.33. The van der Waals surface area contributed by atoms with Gasteiger partial charge in [0.1, 0.15) is 0 Å². The van der Waals surface area contributed by atoms with Crippen LogP contribution in [0, 0.1) is 19.1 Å². The van der Waals surface area contributed by atoms with Gasteiger partial charge >= 0.3 is 0 Å². The van der Waals surface area contributed by atoms with E-state index in [4.69, 9.17) is 0 Å². The predicted octanol–water partition coefficient (Wildman–Crippen LogP) is 2.47. The Morgan fingerprint density at radius 3 is 2.35 bits per heavy atom. The molecule has 0 spiro atoms.